The second-order valence-corrected chi connectivity index (χ2v) is 21.9. The van der Waals surface area contributed by atoms with Crippen LogP contribution in [0, 0.1) is 5.82 Å². The number of aromatic nitrogens is 4. The maximum atomic E-state index is 15.3. The summed E-state index contributed by atoms with van der Waals surface area (Å²) in [5.74, 6) is -0.233. The third kappa shape index (κ3) is 8.76. The zero-order valence-corrected chi connectivity index (χ0v) is 43.3. The zero-order chi connectivity index (χ0) is 52.4. The standard InChI is InChI=1S/C59H62FN11O5/c1-36(2)70-35-62-49-32-48(64-54(53(49)70)63-47-10-6-5-9-46(47)60)40-15-18-45-50(29-40)71(43-30-42(31-43)66-23-7-4-8-24-66)58(76)59(45)21-25-67(26-22-59)56(74)38-11-13-39(14-12-38)57(75)69-28-27-68(34-37(69)3)51-19-16-41(33-61-51)44-17-20-52(72)65-55(44)73/h5-6,9-16,18-19,29,32-33,35-37,43-44H,4,7-8,17,20-28,30-31,34H2,1-3H3,(H-,63,64,65,72,73)/p+1/t37-,44?/m1/s1. The molecule has 8 heterocycles. The number of carbonyl (C=O) groups is 5. The molecule has 17 heteroatoms. The molecule has 12 rings (SSSR count). The number of carbonyl (C=O) groups excluding carboxylic acids is 5. The van der Waals surface area contributed by atoms with E-state index in [-0.39, 0.29) is 53.5 Å². The van der Waals surface area contributed by atoms with Crippen LogP contribution in [0.4, 0.5) is 27.4 Å². The highest BCUT2D eigenvalue weighted by atomic mass is 19.1. The van der Waals surface area contributed by atoms with E-state index in [2.05, 4.69) is 56.0 Å². The van der Waals surface area contributed by atoms with Crippen molar-refractivity contribution < 1.29 is 32.9 Å². The van der Waals surface area contributed by atoms with Crippen molar-refractivity contribution in [2.75, 3.05) is 60.9 Å². The van der Waals surface area contributed by atoms with E-state index in [1.54, 1.807) is 55.0 Å². The number of pyridine rings is 2. The lowest BCUT2D eigenvalue weighted by molar-refractivity contribution is -0.541. The van der Waals surface area contributed by atoms with Gasteiger partial charge in [-0.3, -0.25) is 29.3 Å². The molecule has 1 unspecified atom stereocenters. The van der Waals surface area contributed by atoms with Gasteiger partial charge in [-0.2, -0.15) is 0 Å². The van der Waals surface area contributed by atoms with Gasteiger partial charge in [0, 0.05) is 105 Å². The molecule has 3 aromatic carbocycles. The van der Waals surface area contributed by atoms with Crippen molar-refractivity contribution in [3.05, 3.63) is 126 Å². The zero-order valence-electron chi connectivity index (χ0n) is 43.3. The summed E-state index contributed by atoms with van der Waals surface area (Å²) >= 11 is 0. The number of nitrogens with one attached hydrogen (secondary N) is 2. The van der Waals surface area contributed by atoms with Gasteiger partial charge in [-0.25, -0.2) is 23.9 Å². The molecule has 0 bridgehead atoms. The Morgan fingerprint density at radius 2 is 1.61 bits per heavy atom. The lowest BCUT2D eigenvalue weighted by Gasteiger charge is -2.40. The first-order valence-corrected chi connectivity index (χ1v) is 27.1. The Balaban J connectivity index is 0.752. The van der Waals surface area contributed by atoms with Gasteiger partial charge in [-0.05, 0) is 112 Å². The minimum atomic E-state index is -0.803. The first-order valence-electron chi connectivity index (χ1n) is 27.1. The minimum absolute atomic E-state index is 0.0175. The number of piperidine rings is 3. The number of nitrogens with zero attached hydrogens (tertiary/aromatic N) is 9. The first-order chi connectivity index (χ1) is 36.8. The van der Waals surface area contributed by atoms with Crippen molar-refractivity contribution in [1.29, 1.82) is 0 Å². The van der Waals surface area contributed by atoms with E-state index in [0.717, 1.165) is 65.2 Å². The van der Waals surface area contributed by atoms with Gasteiger partial charge in [-0.15, -0.1) is 0 Å². The van der Waals surface area contributed by atoms with Crippen molar-refractivity contribution in [2.24, 2.45) is 0 Å². The molecule has 1 spiro atoms. The van der Waals surface area contributed by atoms with Crippen LogP contribution in [0.2, 0.25) is 0 Å². The summed E-state index contributed by atoms with van der Waals surface area (Å²) in [6.45, 7) is 10.7. The van der Waals surface area contributed by atoms with Crippen LogP contribution in [0.5, 0.6) is 0 Å². The topological polar surface area (TPSA) is 169 Å². The molecule has 5 aliphatic heterocycles. The van der Waals surface area contributed by atoms with Crippen LogP contribution in [0.3, 0.4) is 0 Å². The first kappa shape index (κ1) is 49.1. The van der Waals surface area contributed by atoms with Gasteiger partial charge in [-0.1, -0.05) is 30.3 Å². The predicted molar refractivity (Wildman–Crippen MR) is 288 cm³/mol. The smallest absolute Gasteiger partial charge is 0.254 e. The average Bonchev–Trinajstić information content (AvgIpc) is 3.99. The summed E-state index contributed by atoms with van der Waals surface area (Å²) < 4.78 is 19.7. The van der Waals surface area contributed by atoms with Gasteiger partial charge in [0.2, 0.25) is 17.7 Å². The highest BCUT2D eigenvalue weighted by Crippen LogP contribution is 2.52. The monoisotopic (exact) mass is 1020 g/mol. The lowest BCUT2D eigenvalue weighted by atomic mass is 9.73. The highest BCUT2D eigenvalue weighted by molar-refractivity contribution is 6.11. The molecule has 1 saturated carbocycles. The van der Waals surface area contributed by atoms with Crippen LogP contribution in [0.1, 0.15) is 122 Å². The number of fused-ring (bicyclic) bond motifs is 3. The number of piperazine rings is 1. The number of hydrogen-bond acceptors (Lipinski definition) is 10. The molecule has 2 atom stereocenters. The molecule has 16 nitrogen and oxygen atoms in total. The van der Waals surface area contributed by atoms with Crippen LogP contribution in [-0.4, -0.2) is 127 Å². The molecular formula is C59H63FN11O5+. The van der Waals surface area contributed by atoms with Crippen LogP contribution in [-0.2, 0) is 19.8 Å². The van der Waals surface area contributed by atoms with E-state index < -0.39 is 11.3 Å². The van der Waals surface area contributed by atoms with Crippen molar-refractivity contribution >= 4 is 69.3 Å². The third-order valence-corrected chi connectivity index (χ3v) is 17.0. The van der Waals surface area contributed by atoms with Crippen molar-refractivity contribution in [1.82, 2.24) is 34.6 Å². The molecule has 4 saturated heterocycles. The van der Waals surface area contributed by atoms with Gasteiger partial charge in [0.1, 0.15) is 30.2 Å². The molecular weight excluding hydrogens is 962 g/mol. The number of likely N-dealkylation sites (tertiary alicyclic amines) is 1. The Morgan fingerprint density at radius 3 is 2.30 bits per heavy atom. The Hall–Kier alpha value is -7.82. The van der Waals surface area contributed by atoms with E-state index in [0.29, 0.717) is 86.7 Å². The quantitative estimate of drug-likeness (QED) is 0.107. The Bertz CT molecular complexity index is 3330. The molecule has 390 valence electrons. The van der Waals surface area contributed by atoms with Crippen molar-refractivity contribution in [3.8, 4) is 11.3 Å². The number of anilines is 4. The maximum Gasteiger partial charge on any atom is 0.254 e. The minimum Gasteiger partial charge on any atom is -0.353 e. The molecule has 6 aromatic rings. The molecule has 0 radical (unpaired) electrons. The lowest BCUT2D eigenvalue weighted by Crippen LogP contribution is -2.55. The summed E-state index contributed by atoms with van der Waals surface area (Å²) in [6.07, 6.45) is 10.5. The summed E-state index contributed by atoms with van der Waals surface area (Å²) in [6, 6.07) is 25.4. The second-order valence-electron chi connectivity index (χ2n) is 21.9. The summed E-state index contributed by atoms with van der Waals surface area (Å²) in [5.41, 5.74) is 7.53. The van der Waals surface area contributed by atoms with Gasteiger partial charge in [0.15, 0.2) is 11.5 Å². The number of imide groups is 1. The number of rotatable bonds is 9. The summed E-state index contributed by atoms with van der Waals surface area (Å²) in [5, 5.41) is 5.69. The molecule has 76 heavy (non-hydrogen) atoms. The fourth-order valence-electron chi connectivity index (χ4n) is 12.6. The molecule has 3 aromatic heterocycles. The van der Waals surface area contributed by atoms with Crippen molar-refractivity contribution in [2.45, 2.75) is 108 Å². The number of amides is 5. The Labute approximate surface area is 441 Å². The Morgan fingerprint density at radius 1 is 0.855 bits per heavy atom. The van der Waals surface area contributed by atoms with E-state index in [9.17, 15) is 19.2 Å². The maximum absolute atomic E-state index is 15.3. The molecule has 1 aliphatic carbocycles. The van der Waals surface area contributed by atoms with Crippen LogP contribution >= 0.6 is 0 Å². The van der Waals surface area contributed by atoms with Crippen LogP contribution < -0.4 is 20.4 Å². The van der Waals surface area contributed by atoms with Gasteiger partial charge >= 0.3 is 0 Å². The average molecular weight is 1030 g/mol. The van der Waals surface area contributed by atoms with Crippen LogP contribution in [0.25, 0.3) is 22.3 Å². The fourth-order valence-corrected chi connectivity index (χ4v) is 12.6. The largest absolute Gasteiger partial charge is 0.353 e. The molecule has 5 amide bonds. The SMILES string of the molecule is CC(C)n1cnc2cc(-c3ccc4c(c3)N(C3CC(=[N+]5CCCCC5)C3)C(=O)C43CCN(C(=O)c4ccc(C(=O)N5CCN(c6ccc(C7CCC(=O)NC7=O)cn6)C[C@H]5C)cc4)CC3)nc(Nc3ccccc3F)c21. The number of benzene rings is 3. The fraction of sp³-hybridized carbons (Fsp3) is 0.407. The second kappa shape index (κ2) is 19.7. The predicted octanol–water partition coefficient (Wildman–Crippen LogP) is 8.15. The molecule has 6 aliphatic rings. The van der Waals surface area contributed by atoms with Gasteiger partial charge in [0.25, 0.3) is 11.8 Å². The third-order valence-electron chi connectivity index (χ3n) is 17.0. The number of para-hydroxylation sites is 1. The summed E-state index contributed by atoms with van der Waals surface area (Å²) in [4.78, 5) is 89.9. The van der Waals surface area contributed by atoms with E-state index >= 15 is 9.18 Å². The van der Waals surface area contributed by atoms with Gasteiger partial charge < -0.3 is 29.5 Å². The number of halogens is 1. The Kier molecular flexibility index (Phi) is 12.7. The van der Waals surface area contributed by atoms with E-state index in [4.69, 9.17) is 9.97 Å². The van der Waals surface area contributed by atoms with Crippen molar-refractivity contribution in [3.63, 3.8) is 0 Å². The highest BCUT2D eigenvalue weighted by Gasteiger charge is 2.56. The van der Waals surface area contributed by atoms with E-state index in [1.165, 1.54) is 31.0 Å². The van der Waals surface area contributed by atoms with Crippen LogP contribution in [0.15, 0.2) is 97.5 Å². The van der Waals surface area contributed by atoms with E-state index in [1.807, 2.05) is 45.6 Å². The number of imidazole rings is 1. The molecule has 2 N–H and O–H groups in total. The number of hydrogen-bond donors (Lipinski definition) is 2. The van der Waals surface area contributed by atoms with Gasteiger partial charge in [0.05, 0.1) is 40.6 Å². The molecule has 5 fully saturated rings. The summed E-state index contributed by atoms with van der Waals surface area (Å²) in [7, 11) is 0. The normalized spacial score (nSPS) is 21.6.